The molecule has 0 spiro atoms. The molecule has 1 unspecified atom stereocenters. The summed E-state index contributed by atoms with van der Waals surface area (Å²) in [5.74, 6) is 0.723. The van der Waals surface area contributed by atoms with E-state index in [0.717, 1.165) is 41.2 Å². The van der Waals surface area contributed by atoms with Gasteiger partial charge in [0.2, 0.25) is 0 Å². The number of aryl methyl sites for hydroxylation is 1. The Balaban J connectivity index is 2.20. The number of benzene rings is 1. The maximum atomic E-state index is 5.76. The standard InChI is InChI=1S/C13H15N3/c1-8-2-4-10-12(6-8)16-13-7-9(14)3-5-11(13)15-10/h3,5,7-8H,2,4,6,14H2,1H3. The van der Waals surface area contributed by atoms with Crippen LogP contribution in [0.5, 0.6) is 0 Å². The van der Waals surface area contributed by atoms with Crippen LogP contribution in [0.25, 0.3) is 11.0 Å². The summed E-state index contributed by atoms with van der Waals surface area (Å²) in [7, 11) is 0. The number of hydrogen-bond donors (Lipinski definition) is 1. The monoisotopic (exact) mass is 213 g/mol. The summed E-state index contributed by atoms with van der Waals surface area (Å²) in [6, 6.07) is 5.74. The Morgan fingerprint density at radius 2 is 2.00 bits per heavy atom. The third-order valence-electron chi connectivity index (χ3n) is 3.26. The highest BCUT2D eigenvalue weighted by molar-refractivity contribution is 5.78. The first kappa shape index (κ1) is 9.58. The lowest BCUT2D eigenvalue weighted by Gasteiger charge is -2.19. The van der Waals surface area contributed by atoms with Gasteiger partial charge >= 0.3 is 0 Å². The molecule has 1 heterocycles. The predicted octanol–water partition coefficient (Wildman–Crippen LogP) is 2.34. The minimum Gasteiger partial charge on any atom is -0.399 e. The molecule has 2 N–H and O–H groups in total. The van der Waals surface area contributed by atoms with Crippen molar-refractivity contribution < 1.29 is 0 Å². The van der Waals surface area contributed by atoms with E-state index in [-0.39, 0.29) is 0 Å². The minimum atomic E-state index is 0.723. The molecule has 1 aromatic carbocycles. The van der Waals surface area contributed by atoms with Crippen molar-refractivity contribution in [3.8, 4) is 0 Å². The Kier molecular flexibility index (Phi) is 2.06. The van der Waals surface area contributed by atoms with Crippen molar-refractivity contribution in [3.63, 3.8) is 0 Å². The third kappa shape index (κ3) is 1.52. The lowest BCUT2D eigenvalue weighted by Crippen LogP contribution is -2.14. The fraction of sp³-hybridized carbons (Fsp3) is 0.385. The molecule has 3 nitrogen and oxygen atoms in total. The zero-order chi connectivity index (χ0) is 11.1. The fourth-order valence-corrected chi connectivity index (χ4v) is 2.32. The van der Waals surface area contributed by atoms with Gasteiger partial charge in [0.1, 0.15) is 0 Å². The van der Waals surface area contributed by atoms with Gasteiger partial charge in [-0.25, -0.2) is 9.97 Å². The van der Waals surface area contributed by atoms with E-state index in [2.05, 4.69) is 16.9 Å². The van der Waals surface area contributed by atoms with E-state index >= 15 is 0 Å². The van der Waals surface area contributed by atoms with Gasteiger partial charge in [0, 0.05) is 5.69 Å². The number of nitrogens with two attached hydrogens (primary N) is 1. The molecule has 1 aromatic heterocycles. The van der Waals surface area contributed by atoms with Crippen LogP contribution in [-0.2, 0) is 12.8 Å². The molecule has 0 saturated heterocycles. The molecule has 2 aromatic rings. The molecule has 16 heavy (non-hydrogen) atoms. The number of anilines is 1. The van der Waals surface area contributed by atoms with Gasteiger partial charge in [0.25, 0.3) is 0 Å². The normalized spacial score (nSPS) is 19.7. The van der Waals surface area contributed by atoms with Gasteiger partial charge in [-0.05, 0) is 43.4 Å². The van der Waals surface area contributed by atoms with Crippen LogP contribution < -0.4 is 5.73 Å². The number of rotatable bonds is 0. The second-order valence-corrected chi connectivity index (χ2v) is 4.71. The highest BCUT2D eigenvalue weighted by Crippen LogP contribution is 2.25. The Morgan fingerprint density at radius 3 is 2.88 bits per heavy atom. The van der Waals surface area contributed by atoms with Crippen molar-refractivity contribution in [1.82, 2.24) is 9.97 Å². The Bertz CT molecular complexity index is 548. The second-order valence-electron chi connectivity index (χ2n) is 4.71. The molecule has 1 aliphatic carbocycles. The Labute approximate surface area is 94.7 Å². The smallest absolute Gasteiger partial charge is 0.0910 e. The van der Waals surface area contributed by atoms with Crippen molar-refractivity contribution >= 4 is 16.7 Å². The van der Waals surface area contributed by atoms with Gasteiger partial charge in [-0.15, -0.1) is 0 Å². The number of hydrogen-bond acceptors (Lipinski definition) is 3. The second kappa shape index (κ2) is 3.44. The van der Waals surface area contributed by atoms with E-state index in [1.807, 2.05) is 18.2 Å². The zero-order valence-corrected chi connectivity index (χ0v) is 9.40. The Hall–Kier alpha value is -1.64. The van der Waals surface area contributed by atoms with Gasteiger partial charge in [-0.1, -0.05) is 6.92 Å². The van der Waals surface area contributed by atoms with E-state index in [4.69, 9.17) is 5.73 Å². The number of nitrogens with zero attached hydrogens (tertiary/aromatic N) is 2. The van der Waals surface area contributed by atoms with Crippen molar-refractivity contribution in [1.29, 1.82) is 0 Å². The van der Waals surface area contributed by atoms with Crippen molar-refractivity contribution in [2.24, 2.45) is 5.92 Å². The van der Waals surface area contributed by atoms with Gasteiger partial charge in [-0.3, -0.25) is 0 Å². The highest BCUT2D eigenvalue weighted by Gasteiger charge is 2.18. The van der Waals surface area contributed by atoms with Crippen LogP contribution in [0.2, 0.25) is 0 Å². The van der Waals surface area contributed by atoms with E-state index in [0.29, 0.717) is 0 Å². The predicted molar refractivity (Wildman–Crippen MR) is 65.1 cm³/mol. The summed E-state index contributed by atoms with van der Waals surface area (Å²) >= 11 is 0. The van der Waals surface area contributed by atoms with Crippen molar-refractivity contribution in [2.45, 2.75) is 26.2 Å². The van der Waals surface area contributed by atoms with Crippen LogP contribution in [0.15, 0.2) is 18.2 Å². The molecule has 1 aliphatic rings. The van der Waals surface area contributed by atoms with Crippen LogP contribution in [0.1, 0.15) is 24.7 Å². The first-order valence-electron chi connectivity index (χ1n) is 5.77. The van der Waals surface area contributed by atoms with Crippen molar-refractivity contribution in [2.75, 3.05) is 5.73 Å². The molecule has 3 rings (SSSR count). The summed E-state index contributed by atoms with van der Waals surface area (Å²) in [6.45, 7) is 2.27. The van der Waals surface area contributed by atoms with E-state index in [1.165, 1.54) is 12.1 Å². The van der Waals surface area contributed by atoms with Gasteiger partial charge in [-0.2, -0.15) is 0 Å². The molecule has 0 fully saturated rings. The van der Waals surface area contributed by atoms with Gasteiger partial charge in [0.15, 0.2) is 0 Å². The summed E-state index contributed by atoms with van der Waals surface area (Å²) in [6.07, 6.45) is 3.33. The summed E-state index contributed by atoms with van der Waals surface area (Å²) < 4.78 is 0. The third-order valence-corrected chi connectivity index (χ3v) is 3.26. The summed E-state index contributed by atoms with van der Waals surface area (Å²) in [5, 5.41) is 0. The molecule has 0 amide bonds. The average molecular weight is 213 g/mol. The maximum Gasteiger partial charge on any atom is 0.0910 e. The van der Waals surface area contributed by atoms with E-state index in [1.54, 1.807) is 0 Å². The summed E-state index contributed by atoms with van der Waals surface area (Å²) in [4.78, 5) is 9.36. The first-order valence-corrected chi connectivity index (χ1v) is 5.77. The van der Waals surface area contributed by atoms with Crippen LogP contribution in [-0.4, -0.2) is 9.97 Å². The van der Waals surface area contributed by atoms with Gasteiger partial charge < -0.3 is 5.73 Å². The molecular weight excluding hydrogens is 198 g/mol. The number of aromatic nitrogens is 2. The molecule has 0 radical (unpaired) electrons. The van der Waals surface area contributed by atoms with Crippen LogP contribution in [0, 0.1) is 5.92 Å². The lowest BCUT2D eigenvalue weighted by atomic mass is 9.91. The van der Waals surface area contributed by atoms with E-state index < -0.39 is 0 Å². The fourth-order valence-electron chi connectivity index (χ4n) is 2.32. The molecule has 82 valence electrons. The molecule has 0 bridgehead atoms. The topological polar surface area (TPSA) is 51.8 Å². The van der Waals surface area contributed by atoms with Gasteiger partial charge in [0.05, 0.1) is 22.4 Å². The SMILES string of the molecule is CC1CCc2nc3ccc(N)cc3nc2C1. The quantitative estimate of drug-likeness (QED) is 0.683. The molecule has 1 atom stereocenters. The highest BCUT2D eigenvalue weighted by atomic mass is 14.8. The first-order chi connectivity index (χ1) is 7.72. The molecule has 3 heteroatoms. The number of nitrogen functional groups attached to an aromatic ring is 1. The maximum absolute atomic E-state index is 5.76. The Morgan fingerprint density at radius 1 is 1.19 bits per heavy atom. The van der Waals surface area contributed by atoms with Crippen molar-refractivity contribution in [3.05, 3.63) is 29.6 Å². The lowest BCUT2D eigenvalue weighted by molar-refractivity contribution is 0.486. The minimum absolute atomic E-state index is 0.723. The van der Waals surface area contributed by atoms with E-state index in [9.17, 15) is 0 Å². The van der Waals surface area contributed by atoms with Crippen LogP contribution >= 0.6 is 0 Å². The largest absolute Gasteiger partial charge is 0.399 e. The molecular formula is C13H15N3. The van der Waals surface area contributed by atoms with Crippen LogP contribution in [0.3, 0.4) is 0 Å². The summed E-state index contributed by atoms with van der Waals surface area (Å²) in [5.41, 5.74) is 10.7. The molecule has 0 aliphatic heterocycles. The zero-order valence-electron chi connectivity index (χ0n) is 9.40. The average Bonchev–Trinajstić information content (AvgIpc) is 2.26. The van der Waals surface area contributed by atoms with Crippen LogP contribution in [0.4, 0.5) is 5.69 Å². The molecule has 0 saturated carbocycles. The number of fused-ring (bicyclic) bond motifs is 2.